The number of nitrogens with two attached hydrogens (primary N) is 1. The van der Waals surface area contributed by atoms with Crippen molar-refractivity contribution in [1.29, 1.82) is 0 Å². The molecule has 124 valence electrons. The van der Waals surface area contributed by atoms with Gasteiger partial charge in [0.1, 0.15) is 5.75 Å². The molecule has 1 aromatic rings. The van der Waals surface area contributed by atoms with E-state index in [1.165, 1.54) is 0 Å². The van der Waals surface area contributed by atoms with Crippen LogP contribution in [0.25, 0.3) is 0 Å². The van der Waals surface area contributed by atoms with Crippen LogP contribution in [0.5, 0.6) is 5.75 Å². The van der Waals surface area contributed by atoms with Gasteiger partial charge in [0.25, 0.3) is 0 Å². The van der Waals surface area contributed by atoms with Gasteiger partial charge in [0, 0.05) is 6.54 Å². The Morgan fingerprint density at radius 1 is 1.36 bits per heavy atom. The minimum absolute atomic E-state index is 0.0700. The van der Waals surface area contributed by atoms with Gasteiger partial charge in [0.15, 0.2) is 0 Å². The summed E-state index contributed by atoms with van der Waals surface area (Å²) in [7, 11) is 0. The van der Waals surface area contributed by atoms with Gasteiger partial charge < -0.3 is 20.9 Å². The fourth-order valence-corrected chi connectivity index (χ4v) is 2.01. The highest BCUT2D eigenvalue weighted by Gasteiger charge is 2.20. The summed E-state index contributed by atoms with van der Waals surface area (Å²) in [5, 5.41) is 12.9. The first-order chi connectivity index (χ1) is 10.3. The topological polar surface area (TPSA) is 84.6 Å². The first-order valence-electron chi connectivity index (χ1n) is 7.83. The summed E-state index contributed by atoms with van der Waals surface area (Å²) in [4.78, 5) is 11.9. The number of carbonyl (C=O) groups is 1. The van der Waals surface area contributed by atoms with E-state index < -0.39 is 12.1 Å². The minimum Gasteiger partial charge on any atom is -0.491 e. The Hall–Kier alpha value is -1.59. The van der Waals surface area contributed by atoms with Crippen LogP contribution in [-0.2, 0) is 4.79 Å². The van der Waals surface area contributed by atoms with Crippen molar-refractivity contribution in [3.05, 3.63) is 29.8 Å². The lowest BCUT2D eigenvalue weighted by Gasteiger charge is -2.19. The first kappa shape index (κ1) is 18.5. The highest BCUT2D eigenvalue weighted by molar-refractivity contribution is 5.81. The average Bonchev–Trinajstić information content (AvgIpc) is 2.50. The average molecular weight is 308 g/mol. The lowest BCUT2D eigenvalue weighted by molar-refractivity contribution is -0.123. The Balaban J connectivity index is 2.58. The molecule has 0 spiro atoms. The van der Waals surface area contributed by atoms with Gasteiger partial charge in [-0.25, -0.2) is 0 Å². The van der Waals surface area contributed by atoms with Gasteiger partial charge in [-0.1, -0.05) is 32.4 Å². The van der Waals surface area contributed by atoms with Gasteiger partial charge in [0.2, 0.25) is 5.91 Å². The molecule has 1 aromatic carbocycles. The monoisotopic (exact) mass is 308 g/mol. The van der Waals surface area contributed by atoms with E-state index in [1.807, 2.05) is 39.8 Å². The molecule has 0 aliphatic heterocycles. The van der Waals surface area contributed by atoms with Crippen molar-refractivity contribution in [2.24, 2.45) is 11.7 Å². The van der Waals surface area contributed by atoms with Crippen LogP contribution in [0.3, 0.4) is 0 Å². The smallest absolute Gasteiger partial charge is 0.237 e. The third kappa shape index (κ3) is 5.66. The van der Waals surface area contributed by atoms with Crippen LogP contribution in [0.2, 0.25) is 0 Å². The Labute approximate surface area is 132 Å². The zero-order valence-electron chi connectivity index (χ0n) is 13.9. The summed E-state index contributed by atoms with van der Waals surface area (Å²) in [5.74, 6) is 0.581. The van der Waals surface area contributed by atoms with Crippen LogP contribution in [0.15, 0.2) is 24.3 Å². The number of nitrogens with one attached hydrogen (secondary N) is 1. The van der Waals surface area contributed by atoms with E-state index in [-0.39, 0.29) is 24.5 Å². The quantitative estimate of drug-likeness (QED) is 0.686. The summed E-state index contributed by atoms with van der Waals surface area (Å²) >= 11 is 0. The zero-order valence-corrected chi connectivity index (χ0v) is 13.9. The second-order valence-corrected chi connectivity index (χ2v) is 5.91. The van der Waals surface area contributed by atoms with E-state index >= 15 is 0 Å². The highest BCUT2D eigenvalue weighted by Crippen LogP contribution is 2.20. The number of aliphatic hydroxyl groups is 1. The van der Waals surface area contributed by atoms with Crippen LogP contribution in [0.1, 0.15) is 45.8 Å². The van der Waals surface area contributed by atoms with Crippen LogP contribution in [0, 0.1) is 5.92 Å². The first-order valence-corrected chi connectivity index (χ1v) is 7.83. The van der Waals surface area contributed by atoms with Gasteiger partial charge in [0.05, 0.1) is 18.2 Å². The molecule has 0 aromatic heterocycles. The maximum atomic E-state index is 11.9. The summed E-state index contributed by atoms with van der Waals surface area (Å²) < 4.78 is 5.60. The van der Waals surface area contributed by atoms with E-state index in [4.69, 9.17) is 10.5 Å². The summed E-state index contributed by atoms with van der Waals surface area (Å²) in [6, 6.07) is 6.70. The Morgan fingerprint density at radius 3 is 2.64 bits per heavy atom. The molecule has 0 saturated heterocycles. The lowest BCUT2D eigenvalue weighted by Crippen LogP contribution is -2.45. The molecule has 3 atom stereocenters. The van der Waals surface area contributed by atoms with Crippen molar-refractivity contribution >= 4 is 5.91 Å². The van der Waals surface area contributed by atoms with E-state index in [0.717, 1.165) is 6.42 Å². The van der Waals surface area contributed by atoms with Gasteiger partial charge in [-0.05, 0) is 37.5 Å². The van der Waals surface area contributed by atoms with Crippen molar-refractivity contribution < 1.29 is 14.6 Å². The molecule has 3 unspecified atom stereocenters. The molecule has 0 aliphatic rings. The predicted molar refractivity (Wildman–Crippen MR) is 87.6 cm³/mol. The molecule has 0 aliphatic carbocycles. The molecular weight excluding hydrogens is 280 g/mol. The summed E-state index contributed by atoms with van der Waals surface area (Å²) in [6.07, 6.45) is 0.121. The minimum atomic E-state index is -0.788. The largest absolute Gasteiger partial charge is 0.491 e. The summed E-state index contributed by atoms with van der Waals surface area (Å²) in [5.41, 5.74) is 6.57. The second-order valence-electron chi connectivity index (χ2n) is 5.91. The molecule has 4 N–H and O–H groups in total. The van der Waals surface area contributed by atoms with E-state index in [2.05, 4.69) is 5.32 Å². The van der Waals surface area contributed by atoms with Gasteiger partial charge in [-0.15, -0.1) is 0 Å². The second kappa shape index (κ2) is 8.76. The van der Waals surface area contributed by atoms with Crippen LogP contribution in [0.4, 0.5) is 0 Å². The Morgan fingerprint density at radius 2 is 2.05 bits per heavy atom. The Kier molecular flexibility index (Phi) is 7.35. The molecule has 5 heteroatoms. The molecule has 22 heavy (non-hydrogen) atoms. The molecule has 0 fully saturated rings. The fraction of sp³-hybridized carbons (Fsp3) is 0.588. The number of carbonyl (C=O) groups excluding carboxylic acids is 1. The van der Waals surface area contributed by atoms with Gasteiger partial charge in [-0.2, -0.15) is 0 Å². The van der Waals surface area contributed by atoms with E-state index in [9.17, 15) is 9.90 Å². The molecular formula is C17H28N2O3. The number of hydrogen-bond acceptors (Lipinski definition) is 4. The van der Waals surface area contributed by atoms with Crippen LogP contribution < -0.4 is 15.8 Å². The zero-order chi connectivity index (χ0) is 16.7. The third-order valence-corrected chi connectivity index (χ3v) is 3.64. The van der Waals surface area contributed by atoms with Gasteiger partial charge in [-0.3, -0.25) is 4.79 Å². The maximum Gasteiger partial charge on any atom is 0.237 e. The SMILES string of the molecule is CCC(C)C(N)C(=O)NCC(O)c1cccc(OC(C)C)c1. The van der Waals surface area contributed by atoms with Crippen molar-refractivity contribution in [3.63, 3.8) is 0 Å². The number of amides is 1. The van der Waals surface area contributed by atoms with Crippen molar-refractivity contribution in [3.8, 4) is 5.75 Å². The predicted octanol–water partition coefficient (Wildman–Crippen LogP) is 2.00. The molecule has 0 bridgehead atoms. The molecule has 1 amide bonds. The number of hydrogen-bond donors (Lipinski definition) is 3. The number of benzene rings is 1. The Bertz CT molecular complexity index is 477. The van der Waals surface area contributed by atoms with Crippen molar-refractivity contribution in [2.45, 2.75) is 52.4 Å². The number of aliphatic hydroxyl groups excluding tert-OH is 1. The molecule has 1 rings (SSSR count). The maximum absolute atomic E-state index is 11.9. The van der Waals surface area contributed by atoms with Crippen molar-refractivity contribution in [1.82, 2.24) is 5.32 Å². The number of ether oxygens (including phenoxy) is 1. The van der Waals surface area contributed by atoms with E-state index in [1.54, 1.807) is 12.1 Å². The molecule has 5 nitrogen and oxygen atoms in total. The van der Waals surface area contributed by atoms with Crippen molar-refractivity contribution in [2.75, 3.05) is 6.54 Å². The third-order valence-electron chi connectivity index (χ3n) is 3.64. The fourth-order valence-electron chi connectivity index (χ4n) is 2.01. The molecule has 0 heterocycles. The van der Waals surface area contributed by atoms with Crippen LogP contribution >= 0.6 is 0 Å². The molecule has 0 saturated carbocycles. The highest BCUT2D eigenvalue weighted by atomic mass is 16.5. The standard InChI is InChI=1S/C17H28N2O3/c1-5-12(4)16(18)17(21)19-10-15(20)13-7-6-8-14(9-13)22-11(2)3/h6-9,11-12,15-16,20H,5,10,18H2,1-4H3,(H,19,21). The molecule has 0 radical (unpaired) electrons. The van der Waals surface area contributed by atoms with E-state index in [0.29, 0.717) is 11.3 Å². The summed E-state index contributed by atoms with van der Waals surface area (Å²) in [6.45, 7) is 7.95. The normalized spacial score (nSPS) is 15.2. The lowest BCUT2D eigenvalue weighted by atomic mass is 9.99. The van der Waals surface area contributed by atoms with Crippen LogP contribution in [-0.4, -0.2) is 29.7 Å². The van der Waals surface area contributed by atoms with Gasteiger partial charge >= 0.3 is 0 Å². The number of rotatable bonds is 8.